The molecule has 6 nitrogen and oxygen atoms in total. The fourth-order valence-electron chi connectivity index (χ4n) is 2.40. The summed E-state index contributed by atoms with van der Waals surface area (Å²) < 4.78 is 15.8. The number of carbonyl (C=O) groups excluding carboxylic acids is 1. The van der Waals surface area contributed by atoms with Crippen LogP contribution >= 0.6 is 0 Å². The molecule has 1 aliphatic rings. The first-order valence-corrected chi connectivity index (χ1v) is 7.03. The van der Waals surface area contributed by atoms with Gasteiger partial charge in [0, 0.05) is 6.54 Å². The van der Waals surface area contributed by atoms with Crippen molar-refractivity contribution in [2.24, 2.45) is 0 Å². The summed E-state index contributed by atoms with van der Waals surface area (Å²) in [5, 5.41) is 2.89. The molecule has 0 unspecified atom stereocenters. The minimum absolute atomic E-state index is 0.0217. The van der Waals surface area contributed by atoms with Gasteiger partial charge in [-0.2, -0.15) is 0 Å². The van der Waals surface area contributed by atoms with E-state index >= 15 is 0 Å². The van der Waals surface area contributed by atoms with Crippen molar-refractivity contribution in [3.8, 4) is 11.5 Å². The maximum absolute atomic E-state index is 12.0. The summed E-state index contributed by atoms with van der Waals surface area (Å²) in [5.74, 6) is 1.57. The van der Waals surface area contributed by atoms with Gasteiger partial charge in [0.2, 0.25) is 6.79 Å². The fraction of sp³-hybridized carbons (Fsp3) is 0.312. The van der Waals surface area contributed by atoms with Gasteiger partial charge >= 0.3 is 0 Å². The number of hydrogen-bond donors (Lipinski definition) is 1. The van der Waals surface area contributed by atoms with Crippen LogP contribution in [0.15, 0.2) is 41.0 Å². The third-order valence-corrected chi connectivity index (χ3v) is 3.61. The topological polar surface area (TPSA) is 63.9 Å². The van der Waals surface area contributed by atoms with E-state index in [0.29, 0.717) is 12.3 Å². The molecule has 2 aromatic rings. The number of hydrogen-bond acceptors (Lipinski definition) is 5. The van der Waals surface area contributed by atoms with Crippen molar-refractivity contribution in [1.29, 1.82) is 0 Å². The fourth-order valence-corrected chi connectivity index (χ4v) is 2.40. The zero-order valence-corrected chi connectivity index (χ0v) is 12.5. The van der Waals surface area contributed by atoms with Crippen molar-refractivity contribution in [3.05, 3.63) is 47.9 Å². The highest BCUT2D eigenvalue weighted by atomic mass is 16.7. The molecule has 22 heavy (non-hydrogen) atoms. The highest BCUT2D eigenvalue weighted by Crippen LogP contribution is 2.34. The van der Waals surface area contributed by atoms with Gasteiger partial charge in [-0.3, -0.25) is 4.79 Å². The third kappa shape index (κ3) is 2.92. The number of amides is 1. The lowest BCUT2D eigenvalue weighted by Crippen LogP contribution is -2.34. The second kappa shape index (κ2) is 6.11. The Morgan fingerprint density at radius 1 is 1.27 bits per heavy atom. The first kappa shape index (κ1) is 14.5. The Balaban J connectivity index is 1.71. The summed E-state index contributed by atoms with van der Waals surface area (Å²) in [6, 6.07) is 9.18. The van der Waals surface area contributed by atoms with Crippen LogP contribution < -0.4 is 14.8 Å². The first-order valence-electron chi connectivity index (χ1n) is 7.03. The smallest absolute Gasteiger partial charge is 0.287 e. The highest BCUT2D eigenvalue weighted by molar-refractivity contribution is 5.91. The normalized spacial score (nSPS) is 14.1. The van der Waals surface area contributed by atoms with E-state index in [9.17, 15) is 4.79 Å². The van der Waals surface area contributed by atoms with Gasteiger partial charge in [-0.05, 0) is 43.9 Å². The summed E-state index contributed by atoms with van der Waals surface area (Å²) in [4.78, 5) is 14.0. The number of carbonyl (C=O) groups is 1. The van der Waals surface area contributed by atoms with Crippen molar-refractivity contribution < 1.29 is 18.7 Å². The second-order valence-electron chi connectivity index (χ2n) is 5.28. The molecular weight excluding hydrogens is 284 g/mol. The van der Waals surface area contributed by atoms with E-state index in [-0.39, 0.29) is 18.7 Å². The average Bonchev–Trinajstić information content (AvgIpc) is 3.17. The minimum atomic E-state index is -0.224. The standard InChI is InChI=1S/C16H18N2O4/c1-18(2)12(9-17-16(19)14-4-3-7-20-14)11-5-6-13-15(8-11)22-10-21-13/h3-8,12H,9-10H2,1-2H3,(H,17,19)/t12-/m1/s1. The van der Waals surface area contributed by atoms with Crippen LogP contribution in [0.3, 0.4) is 0 Å². The zero-order valence-electron chi connectivity index (χ0n) is 12.5. The van der Waals surface area contributed by atoms with E-state index in [1.165, 1.54) is 6.26 Å². The minimum Gasteiger partial charge on any atom is -0.459 e. The summed E-state index contributed by atoms with van der Waals surface area (Å²) in [6.45, 7) is 0.715. The SMILES string of the molecule is CN(C)[C@H](CNC(=O)c1ccco1)c1ccc2c(c1)OCO2. The highest BCUT2D eigenvalue weighted by Gasteiger charge is 2.20. The molecule has 1 amide bonds. The Morgan fingerprint density at radius 2 is 2.09 bits per heavy atom. The van der Waals surface area contributed by atoms with E-state index in [4.69, 9.17) is 13.9 Å². The predicted octanol–water partition coefficient (Wildman–Crippen LogP) is 2.04. The molecule has 1 atom stereocenters. The van der Waals surface area contributed by atoms with Crippen LogP contribution in [0.5, 0.6) is 11.5 Å². The third-order valence-electron chi connectivity index (χ3n) is 3.61. The van der Waals surface area contributed by atoms with Gasteiger partial charge in [-0.15, -0.1) is 0 Å². The average molecular weight is 302 g/mol. The molecular formula is C16H18N2O4. The van der Waals surface area contributed by atoms with E-state index in [2.05, 4.69) is 5.32 Å². The van der Waals surface area contributed by atoms with Crippen LogP contribution in [0, 0.1) is 0 Å². The van der Waals surface area contributed by atoms with Crippen molar-refractivity contribution in [3.63, 3.8) is 0 Å². The number of furan rings is 1. The number of nitrogens with zero attached hydrogens (tertiary/aromatic N) is 1. The quantitative estimate of drug-likeness (QED) is 0.915. The number of rotatable bonds is 5. The Bertz CT molecular complexity index is 652. The van der Waals surface area contributed by atoms with E-state index in [1.807, 2.05) is 37.2 Å². The van der Waals surface area contributed by atoms with E-state index < -0.39 is 0 Å². The van der Waals surface area contributed by atoms with E-state index in [1.54, 1.807) is 12.1 Å². The molecule has 1 aromatic carbocycles. The molecule has 0 bridgehead atoms. The lowest BCUT2D eigenvalue weighted by molar-refractivity contribution is 0.0914. The van der Waals surface area contributed by atoms with Gasteiger partial charge in [0.05, 0.1) is 12.3 Å². The molecule has 0 spiro atoms. The summed E-state index contributed by atoms with van der Waals surface area (Å²) in [5.41, 5.74) is 1.05. The van der Waals surface area contributed by atoms with Crippen LogP contribution in [0.2, 0.25) is 0 Å². The molecule has 0 saturated carbocycles. The largest absolute Gasteiger partial charge is 0.459 e. The predicted molar refractivity (Wildman–Crippen MR) is 80.0 cm³/mol. The number of likely N-dealkylation sites (N-methyl/N-ethyl adjacent to an activating group) is 1. The molecule has 0 saturated heterocycles. The van der Waals surface area contributed by atoms with Crippen molar-refractivity contribution in [2.45, 2.75) is 6.04 Å². The maximum atomic E-state index is 12.0. The van der Waals surface area contributed by atoms with Gasteiger partial charge in [0.15, 0.2) is 17.3 Å². The summed E-state index contributed by atoms with van der Waals surface area (Å²) >= 11 is 0. The van der Waals surface area contributed by atoms with Crippen LogP contribution in [0.4, 0.5) is 0 Å². The molecule has 0 radical (unpaired) electrons. The monoisotopic (exact) mass is 302 g/mol. The summed E-state index contributed by atoms with van der Waals surface area (Å²) in [7, 11) is 3.93. The van der Waals surface area contributed by atoms with Gasteiger partial charge in [0.1, 0.15) is 0 Å². The van der Waals surface area contributed by atoms with E-state index in [0.717, 1.165) is 17.1 Å². The van der Waals surface area contributed by atoms with Crippen LogP contribution in [0.1, 0.15) is 22.2 Å². The Morgan fingerprint density at radius 3 is 2.82 bits per heavy atom. The molecule has 1 N–H and O–H groups in total. The van der Waals surface area contributed by atoms with Crippen LogP contribution in [0.25, 0.3) is 0 Å². The molecule has 6 heteroatoms. The van der Waals surface area contributed by atoms with Crippen molar-refractivity contribution in [1.82, 2.24) is 10.2 Å². The van der Waals surface area contributed by atoms with Gasteiger partial charge in [-0.1, -0.05) is 6.07 Å². The summed E-state index contributed by atoms with van der Waals surface area (Å²) in [6.07, 6.45) is 1.48. The maximum Gasteiger partial charge on any atom is 0.287 e. The van der Waals surface area contributed by atoms with Crippen LogP contribution in [-0.2, 0) is 0 Å². The molecule has 3 rings (SSSR count). The molecule has 1 aliphatic heterocycles. The second-order valence-corrected chi connectivity index (χ2v) is 5.28. The lowest BCUT2D eigenvalue weighted by atomic mass is 10.1. The van der Waals surface area contributed by atoms with Crippen molar-refractivity contribution in [2.75, 3.05) is 27.4 Å². The Hall–Kier alpha value is -2.47. The molecule has 0 aliphatic carbocycles. The number of ether oxygens (including phenoxy) is 2. The molecule has 1 aromatic heterocycles. The number of fused-ring (bicyclic) bond motifs is 1. The van der Waals surface area contributed by atoms with Gasteiger partial charge < -0.3 is 24.1 Å². The van der Waals surface area contributed by atoms with Crippen molar-refractivity contribution >= 4 is 5.91 Å². The Kier molecular flexibility index (Phi) is 4.02. The number of nitrogens with one attached hydrogen (secondary N) is 1. The zero-order chi connectivity index (χ0) is 15.5. The van der Waals surface area contributed by atoms with Gasteiger partial charge in [0.25, 0.3) is 5.91 Å². The lowest BCUT2D eigenvalue weighted by Gasteiger charge is -2.25. The Labute approximate surface area is 128 Å². The molecule has 0 fully saturated rings. The van der Waals surface area contributed by atoms with Gasteiger partial charge in [-0.25, -0.2) is 0 Å². The molecule has 2 heterocycles. The number of benzene rings is 1. The van der Waals surface area contributed by atoms with Crippen LogP contribution in [-0.4, -0.2) is 38.2 Å². The first-order chi connectivity index (χ1) is 10.6. The molecule has 116 valence electrons.